The summed E-state index contributed by atoms with van der Waals surface area (Å²) in [6, 6.07) is 0. The first-order valence-corrected chi connectivity index (χ1v) is 5.64. The molecule has 0 saturated carbocycles. The van der Waals surface area contributed by atoms with E-state index in [0.717, 1.165) is 0 Å². The molecule has 0 atom stereocenters. The van der Waals surface area contributed by atoms with Gasteiger partial charge in [0.2, 0.25) is 0 Å². The van der Waals surface area contributed by atoms with E-state index in [9.17, 15) is 9.59 Å². The first-order valence-electron chi connectivity index (χ1n) is 5.64. The zero-order valence-electron chi connectivity index (χ0n) is 11.8. The van der Waals surface area contributed by atoms with Gasteiger partial charge in [-0.1, -0.05) is 0 Å². The third-order valence-corrected chi connectivity index (χ3v) is 1.28. The molecule has 18 heavy (non-hydrogen) atoms. The van der Waals surface area contributed by atoms with Crippen LogP contribution in [0, 0.1) is 0 Å². The van der Waals surface area contributed by atoms with Crippen molar-refractivity contribution < 1.29 is 19.1 Å². The fraction of sp³-hybridized carbons (Fsp3) is 0.667. The van der Waals surface area contributed by atoms with E-state index in [4.69, 9.17) is 9.47 Å². The summed E-state index contributed by atoms with van der Waals surface area (Å²) in [5.41, 5.74) is -1.12. The van der Waals surface area contributed by atoms with E-state index in [-0.39, 0.29) is 0 Å². The van der Waals surface area contributed by atoms with Gasteiger partial charge < -0.3 is 9.47 Å². The minimum absolute atomic E-state index is 0.559. The van der Waals surface area contributed by atoms with Crippen molar-refractivity contribution in [1.82, 2.24) is 10.6 Å². The summed E-state index contributed by atoms with van der Waals surface area (Å²) < 4.78 is 9.96. The van der Waals surface area contributed by atoms with E-state index >= 15 is 0 Å². The zero-order valence-corrected chi connectivity index (χ0v) is 11.8. The lowest BCUT2D eigenvalue weighted by Crippen LogP contribution is -2.31. The lowest BCUT2D eigenvalue weighted by Gasteiger charge is -2.19. The van der Waals surface area contributed by atoms with Crippen LogP contribution in [0.4, 0.5) is 9.59 Å². The molecule has 2 N–H and O–H groups in total. The Morgan fingerprint density at radius 3 is 1.28 bits per heavy atom. The zero-order chi connectivity index (χ0) is 14.4. The van der Waals surface area contributed by atoms with Crippen molar-refractivity contribution >= 4 is 12.2 Å². The second-order valence-corrected chi connectivity index (χ2v) is 5.63. The van der Waals surface area contributed by atoms with Gasteiger partial charge >= 0.3 is 12.2 Å². The largest absolute Gasteiger partial charge is 0.444 e. The molecule has 6 heteroatoms. The average molecular weight is 258 g/mol. The Bertz CT molecular complexity index is 292. The molecule has 0 aromatic rings. The standard InChI is InChI=1S/C12H22N2O4/c1-11(2,3)17-9(15)13-7-8-14-10(16)18-12(4,5)6/h7-8H,1-6H3,(H,13,15)(H,14,16)/b8-7+. The van der Waals surface area contributed by atoms with Crippen molar-refractivity contribution in [3.05, 3.63) is 12.4 Å². The van der Waals surface area contributed by atoms with Crippen molar-refractivity contribution in [2.24, 2.45) is 0 Å². The van der Waals surface area contributed by atoms with E-state index in [0.29, 0.717) is 0 Å². The SMILES string of the molecule is CC(C)(C)OC(=O)N/C=C/NC(=O)OC(C)(C)C. The van der Waals surface area contributed by atoms with Crippen LogP contribution in [0.5, 0.6) is 0 Å². The number of amides is 2. The summed E-state index contributed by atoms with van der Waals surface area (Å²) in [5, 5.41) is 4.69. The molecule has 0 aliphatic carbocycles. The van der Waals surface area contributed by atoms with Crippen LogP contribution in [0.25, 0.3) is 0 Å². The maximum atomic E-state index is 11.2. The molecule has 0 bridgehead atoms. The van der Waals surface area contributed by atoms with Crippen molar-refractivity contribution in [2.75, 3.05) is 0 Å². The third kappa shape index (κ3) is 10.8. The minimum atomic E-state index is -0.593. The molecule has 0 radical (unpaired) electrons. The number of nitrogens with one attached hydrogen (secondary N) is 2. The molecule has 6 nitrogen and oxygen atoms in total. The molecule has 0 aromatic carbocycles. The van der Waals surface area contributed by atoms with Crippen molar-refractivity contribution in [3.63, 3.8) is 0 Å². The second kappa shape index (κ2) is 6.28. The normalized spacial score (nSPS) is 12.1. The lowest BCUT2D eigenvalue weighted by molar-refractivity contribution is 0.0531. The van der Waals surface area contributed by atoms with Gasteiger partial charge in [0.1, 0.15) is 11.2 Å². The number of ether oxygens (including phenoxy) is 2. The Balaban J connectivity index is 3.92. The maximum Gasteiger partial charge on any atom is 0.411 e. The summed E-state index contributed by atoms with van der Waals surface area (Å²) >= 11 is 0. The van der Waals surface area contributed by atoms with E-state index in [1.165, 1.54) is 12.4 Å². The van der Waals surface area contributed by atoms with Gasteiger partial charge in [-0.3, -0.25) is 10.6 Å². The molecule has 0 heterocycles. The second-order valence-electron chi connectivity index (χ2n) is 5.63. The number of carbonyl (C=O) groups is 2. The number of hydrogen-bond donors (Lipinski definition) is 2. The van der Waals surface area contributed by atoms with Gasteiger partial charge in [0.25, 0.3) is 0 Å². The van der Waals surface area contributed by atoms with Gasteiger partial charge in [-0.2, -0.15) is 0 Å². The third-order valence-electron chi connectivity index (χ3n) is 1.28. The van der Waals surface area contributed by atoms with Gasteiger partial charge in [0, 0.05) is 12.4 Å². The fourth-order valence-corrected chi connectivity index (χ4v) is 0.835. The topological polar surface area (TPSA) is 76.7 Å². The minimum Gasteiger partial charge on any atom is -0.444 e. The first kappa shape index (κ1) is 16.3. The first-order chi connectivity index (χ1) is 7.99. The highest BCUT2D eigenvalue weighted by atomic mass is 16.6. The van der Waals surface area contributed by atoms with E-state index in [2.05, 4.69) is 10.6 Å². The van der Waals surface area contributed by atoms with E-state index in [1.54, 1.807) is 41.5 Å². The Hall–Kier alpha value is -1.72. The van der Waals surface area contributed by atoms with Gasteiger partial charge in [0.15, 0.2) is 0 Å². The highest BCUT2D eigenvalue weighted by molar-refractivity contribution is 5.70. The van der Waals surface area contributed by atoms with Gasteiger partial charge in [-0.05, 0) is 41.5 Å². The van der Waals surface area contributed by atoms with Crippen LogP contribution in [-0.2, 0) is 9.47 Å². The molecule has 0 aromatic heterocycles. The number of carbonyl (C=O) groups excluding carboxylic acids is 2. The Kier molecular flexibility index (Phi) is 5.68. The van der Waals surface area contributed by atoms with Crippen LogP contribution < -0.4 is 10.6 Å². The summed E-state index contributed by atoms with van der Waals surface area (Å²) in [5.74, 6) is 0. The lowest BCUT2D eigenvalue weighted by atomic mass is 10.2. The monoisotopic (exact) mass is 258 g/mol. The number of alkyl carbamates (subject to hydrolysis) is 2. The van der Waals surface area contributed by atoms with Crippen molar-refractivity contribution in [2.45, 2.75) is 52.7 Å². The molecule has 0 rings (SSSR count). The van der Waals surface area contributed by atoms with Crippen LogP contribution in [0.2, 0.25) is 0 Å². The number of rotatable bonds is 2. The van der Waals surface area contributed by atoms with Crippen LogP contribution in [0.3, 0.4) is 0 Å². The summed E-state index contributed by atoms with van der Waals surface area (Å²) in [6.07, 6.45) is 1.34. The van der Waals surface area contributed by atoms with Gasteiger partial charge in [-0.15, -0.1) is 0 Å². The van der Waals surface area contributed by atoms with Crippen molar-refractivity contribution in [1.29, 1.82) is 0 Å². The van der Waals surface area contributed by atoms with Gasteiger partial charge in [-0.25, -0.2) is 9.59 Å². The summed E-state index contributed by atoms with van der Waals surface area (Å²) in [6.45, 7) is 10.6. The van der Waals surface area contributed by atoms with Crippen LogP contribution in [-0.4, -0.2) is 23.4 Å². The highest BCUT2D eigenvalue weighted by Crippen LogP contribution is 2.07. The molecular weight excluding hydrogens is 236 g/mol. The van der Waals surface area contributed by atoms with Crippen molar-refractivity contribution in [3.8, 4) is 0 Å². The van der Waals surface area contributed by atoms with E-state index < -0.39 is 23.4 Å². The van der Waals surface area contributed by atoms with Crippen LogP contribution in [0.1, 0.15) is 41.5 Å². The molecule has 0 unspecified atom stereocenters. The van der Waals surface area contributed by atoms with Gasteiger partial charge in [0.05, 0.1) is 0 Å². The number of hydrogen-bond acceptors (Lipinski definition) is 4. The maximum absolute atomic E-state index is 11.2. The predicted octanol–water partition coefficient (Wildman–Crippen LogP) is 2.51. The molecule has 0 spiro atoms. The molecular formula is C12H22N2O4. The van der Waals surface area contributed by atoms with Crippen LogP contribution >= 0.6 is 0 Å². The quantitative estimate of drug-likeness (QED) is 0.797. The molecule has 0 saturated heterocycles. The molecule has 0 aliphatic heterocycles. The smallest absolute Gasteiger partial charge is 0.411 e. The Morgan fingerprint density at radius 2 is 1.06 bits per heavy atom. The highest BCUT2D eigenvalue weighted by Gasteiger charge is 2.16. The van der Waals surface area contributed by atoms with Crippen LogP contribution in [0.15, 0.2) is 12.4 Å². The molecule has 0 aliphatic rings. The summed E-state index contributed by atoms with van der Waals surface area (Å²) in [7, 11) is 0. The predicted molar refractivity (Wildman–Crippen MR) is 67.9 cm³/mol. The molecule has 2 amide bonds. The average Bonchev–Trinajstić information content (AvgIpc) is 2.06. The Morgan fingerprint density at radius 1 is 0.778 bits per heavy atom. The molecule has 0 fully saturated rings. The van der Waals surface area contributed by atoms with E-state index in [1.807, 2.05) is 0 Å². The summed E-state index contributed by atoms with van der Waals surface area (Å²) in [4.78, 5) is 22.4. The fourth-order valence-electron chi connectivity index (χ4n) is 0.835. The molecule has 104 valence electrons. The Labute approximate surface area is 108 Å².